The van der Waals surface area contributed by atoms with Crippen LogP contribution in [0.25, 0.3) is 0 Å². The van der Waals surface area contributed by atoms with Gasteiger partial charge in [-0.1, -0.05) is 30.3 Å². The summed E-state index contributed by atoms with van der Waals surface area (Å²) in [6.45, 7) is 6.34. The van der Waals surface area contributed by atoms with Crippen molar-refractivity contribution in [3.8, 4) is 0 Å². The fourth-order valence-corrected chi connectivity index (χ4v) is 3.22. The van der Waals surface area contributed by atoms with Gasteiger partial charge in [-0.25, -0.2) is 0 Å². The molecule has 2 rings (SSSR count). The molecule has 1 aromatic carbocycles. The van der Waals surface area contributed by atoms with Gasteiger partial charge < -0.3 is 10.5 Å². The third-order valence-corrected chi connectivity index (χ3v) is 4.05. The number of hydrogen-bond acceptors (Lipinski definition) is 1. The van der Waals surface area contributed by atoms with E-state index in [1.807, 2.05) is 0 Å². The van der Waals surface area contributed by atoms with Crippen LogP contribution in [0.3, 0.4) is 0 Å². The first-order chi connectivity index (χ1) is 8.62. The molecule has 2 atom stereocenters. The molecule has 0 amide bonds. The van der Waals surface area contributed by atoms with E-state index < -0.39 is 0 Å². The van der Waals surface area contributed by atoms with E-state index in [9.17, 15) is 0 Å². The highest BCUT2D eigenvalue weighted by Crippen LogP contribution is 2.39. The van der Waals surface area contributed by atoms with Crippen molar-refractivity contribution in [3.63, 3.8) is 0 Å². The molecule has 0 unspecified atom stereocenters. The van der Waals surface area contributed by atoms with Gasteiger partial charge in [-0.05, 0) is 44.1 Å². The van der Waals surface area contributed by atoms with E-state index in [1.54, 1.807) is 0 Å². The summed E-state index contributed by atoms with van der Waals surface area (Å²) in [4.78, 5) is 0. The normalized spacial score (nSPS) is 24.7. The standard InChI is InChI=1S/C16H25NO/c1-16(2)12-14(9-11-18-16)15(8-10-17)13-6-4-3-5-7-13/h3-7,14-15H,8-12,17H2,1-2H3/p+1/t14-,15-/m1/s1. The third-order valence-electron chi connectivity index (χ3n) is 4.05. The fourth-order valence-electron chi connectivity index (χ4n) is 3.22. The molecule has 0 aliphatic carbocycles. The molecule has 0 aromatic heterocycles. The smallest absolute Gasteiger partial charge is 0.0745 e. The molecule has 1 aliphatic rings. The van der Waals surface area contributed by atoms with Crippen LogP contribution in [0.15, 0.2) is 30.3 Å². The van der Waals surface area contributed by atoms with Crippen molar-refractivity contribution >= 4 is 0 Å². The average Bonchev–Trinajstić information content (AvgIpc) is 2.36. The van der Waals surface area contributed by atoms with Gasteiger partial charge in [0.25, 0.3) is 0 Å². The lowest BCUT2D eigenvalue weighted by atomic mass is 9.75. The quantitative estimate of drug-likeness (QED) is 0.873. The van der Waals surface area contributed by atoms with E-state index in [0.717, 1.165) is 25.5 Å². The largest absolute Gasteiger partial charge is 0.376 e. The van der Waals surface area contributed by atoms with Crippen LogP contribution in [0.4, 0.5) is 0 Å². The Hall–Kier alpha value is -0.860. The number of rotatable bonds is 4. The first-order valence-electron chi connectivity index (χ1n) is 7.10. The molecular weight excluding hydrogens is 222 g/mol. The first kappa shape index (κ1) is 13.6. The van der Waals surface area contributed by atoms with Gasteiger partial charge in [0.1, 0.15) is 0 Å². The van der Waals surface area contributed by atoms with E-state index in [0.29, 0.717) is 5.92 Å². The molecule has 2 nitrogen and oxygen atoms in total. The highest BCUT2D eigenvalue weighted by molar-refractivity contribution is 5.20. The predicted molar refractivity (Wildman–Crippen MR) is 74.3 cm³/mol. The summed E-state index contributed by atoms with van der Waals surface area (Å²) in [5, 5.41) is 0. The minimum Gasteiger partial charge on any atom is -0.376 e. The first-order valence-corrected chi connectivity index (χ1v) is 7.10. The molecule has 0 spiro atoms. The molecule has 3 N–H and O–H groups in total. The molecule has 100 valence electrons. The highest BCUT2D eigenvalue weighted by atomic mass is 16.5. The Morgan fingerprint density at radius 1 is 1.33 bits per heavy atom. The van der Waals surface area contributed by atoms with Crippen molar-refractivity contribution < 1.29 is 10.5 Å². The lowest BCUT2D eigenvalue weighted by molar-refractivity contribution is -0.369. The molecule has 1 aliphatic heterocycles. The minimum absolute atomic E-state index is 0.0388. The van der Waals surface area contributed by atoms with Gasteiger partial charge in [-0.2, -0.15) is 0 Å². The topological polar surface area (TPSA) is 36.9 Å². The zero-order chi connectivity index (χ0) is 13.0. The number of quaternary nitrogens is 1. The van der Waals surface area contributed by atoms with E-state index in [1.165, 1.54) is 18.4 Å². The monoisotopic (exact) mass is 248 g/mol. The van der Waals surface area contributed by atoms with Crippen LogP contribution in [0.2, 0.25) is 0 Å². The second-order valence-electron chi connectivity index (χ2n) is 6.02. The van der Waals surface area contributed by atoms with Gasteiger partial charge in [0, 0.05) is 13.0 Å². The van der Waals surface area contributed by atoms with E-state index >= 15 is 0 Å². The van der Waals surface area contributed by atoms with Crippen LogP contribution in [0, 0.1) is 5.92 Å². The van der Waals surface area contributed by atoms with Crippen molar-refractivity contribution in [1.29, 1.82) is 0 Å². The summed E-state index contributed by atoms with van der Waals surface area (Å²) >= 11 is 0. The maximum atomic E-state index is 5.84. The van der Waals surface area contributed by atoms with Crippen LogP contribution in [-0.2, 0) is 4.74 Å². The van der Waals surface area contributed by atoms with Gasteiger partial charge in [0.15, 0.2) is 0 Å². The summed E-state index contributed by atoms with van der Waals surface area (Å²) in [6, 6.07) is 10.9. The lowest BCUT2D eigenvalue weighted by Gasteiger charge is -2.39. The molecule has 0 saturated carbocycles. The molecule has 0 radical (unpaired) electrons. The van der Waals surface area contributed by atoms with Crippen molar-refractivity contribution in [3.05, 3.63) is 35.9 Å². The average molecular weight is 248 g/mol. The zero-order valence-electron chi connectivity index (χ0n) is 11.7. The second kappa shape index (κ2) is 5.85. The summed E-state index contributed by atoms with van der Waals surface area (Å²) in [5.74, 6) is 1.38. The van der Waals surface area contributed by atoms with E-state index in [-0.39, 0.29) is 5.60 Å². The maximum Gasteiger partial charge on any atom is 0.0745 e. The van der Waals surface area contributed by atoms with Crippen LogP contribution in [0.1, 0.15) is 44.6 Å². The Morgan fingerprint density at radius 2 is 2.06 bits per heavy atom. The van der Waals surface area contributed by atoms with Crippen molar-refractivity contribution in [1.82, 2.24) is 0 Å². The zero-order valence-corrected chi connectivity index (χ0v) is 11.7. The van der Waals surface area contributed by atoms with E-state index in [4.69, 9.17) is 4.74 Å². The van der Waals surface area contributed by atoms with Crippen molar-refractivity contribution in [2.24, 2.45) is 5.92 Å². The molecule has 1 fully saturated rings. The Morgan fingerprint density at radius 3 is 2.67 bits per heavy atom. The summed E-state index contributed by atoms with van der Waals surface area (Å²) < 4.78 is 5.84. The number of hydrogen-bond donors (Lipinski definition) is 1. The fraction of sp³-hybridized carbons (Fsp3) is 0.625. The molecule has 1 aromatic rings. The lowest BCUT2D eigenvalue weighted by Crippen LogP contribution is -2.51. The van der Waals surface area contributed by atoms with Gasteiger partial charge >= 0.3 is 0 Å². The molecule has 18 heavy (non-hydrogen) atoms. The van der Waals surface area contributed by atoms with Crippen molar-refractivity contribution in [2.45, 2.75) is 44.6 Å². The van der Waals surface area contributed by atoms with Gasteiger partial charge in [-0.15, -0.1) is 0 Å². The van der Waals surface area contributed by atoms with Gasteiger partial charge in [-0.3, -0.25) is 0 Å². The highest BCUT2D eigenvalue weighted by Gasteiger charge is 2.33. The minimum atomic E-state index is 0.0388. The Bertz CT molecular complexity index is 361. The SMILES string of the molecule is CC1(C)C[C@H]([C@H](CC[NH3+])c2ccccc2)CCO1. The molecule has 0 bridgehead atoms. The Kier molecular flexibility index (Phi) is 4.41. The third kappa shape index (κ3) is 3.33. The number of benzene rings is 1. The maximum absolute atomic E-state index is 5.84. The predicted octanol–water partition coefficient (Wildman–Crippen LogP) is 2.61. The summed E-state index contributed by atoms with van der Waals surface area (Å²) in [5.41, 5.74) is 5.57. The molecule has 2 heteroatoms. The van der Waals surface area contributed by atoms with Gasteiger partial charge in [0.2, 0.25) is 0 Å². The van der Waals surface area contributed by atoms with Crippen LogP contribution < -0.4 is 5.73 Å². The Labute approximate surface area is 111 Å². The second-order valence-corrected chi connectivity index (χ2v) is 6.02. The van der Waals surface area contributed by atoms with E-state index in [2.05, 4.69) is 49.9 Å². The van der Waals surface area contributed by atoms with Gasteiger partial charge in [0.05, 0.1) is 12.1 Å². The summed E-state index contributed by atoms with van der Waals surface area (Å²) in [7, 11) is 0. The van der Waals surface area contributed by atoms with Crippen molar-refractivity contribution in [2.75, 3.05) is 13.2 Å². The molecule has 1 saturated heterocycles. The Balaban J connectivity index is 2.15. The number of ether oxygens (including phenoxy) is 1. The molecular formula is C16H26NO+. The van der Waals surface area contributed by atoms with Crippen LogP contribution in [0.5, 0.6) is 0 Å². The summed E-state index contributed by atoms with van der Waals surface area (Å²) in [6.07, 6.45) is 3.53. The van der Waals surface area contributed by atoms with Crippen LogP contribution in [-0.4, -0.2) is 18.8 Å². The van der Waals surface area contributed by atoms with Crippen LogP contribution >= 0.6 is 0 Å². The molecule has 1 heterocycles.